The molecule has 1 heterocycles. The first kappa shape index (κ1) is 23.5. The fourth-order valence-electron chi connectivity index (χ4n) is 4.05. The summed E-state index contributed by atoms with van der Waals surface area (Å²) < 4.78 is 10.4. The number of alkyl carbamates (subject to hydrolysis) is 1. The van der Waals surface area contributed by atoms with Crippen molar-refractivity contribution in [1.82, 2.24) is 10.6 Å². The van der Waals surface area contributed by atoms with Crippen molar-refractivity contribution >= 4 is 29.3 Å². The van der Waals surface area contributed by atoms with Crippen molar-refractivity contribution in [1.29, 1.82) is 0 Å². The normalized spacial score (nSPS) is 13.9. The minimum absolute atomic E-state index is 0.106. The van der Waals surface area contributed by atoms with Crippen LogP contribution >= 0.6 is 11.3 Å². The van der Waals surface area contributed by atoms with Gasteiger partial charge >= 0.3 is 12.1 Å². The molecule has 176 valence electrons. The molecule has 0 bridgehead atoms. The summed E-state index contributed by atoms with van der Waals surface area (Å²) in [4.78, 5) is 37.2. The summed E-state index contributed by atoms with van der Waals surface area (Å²) in [7, 11) is 1.25. The van der Waals surface area contributed by atoms with Gasteiger partial charge in [-0.25, -0.2) is 9.59 Å². The van der Waals surface area contributed by atoms with Crippen molar-refractivity contribution in [3.05, 3.63) is 82.0 Å². The highest BCUT2D eigenvalue weighted by atomic mass is 32.1. The first-order valence-corrected chi connectivity index (χ1v) is 11.6. The number of hydrogen-bond acceptors (Lipinski definition) is 6. The van der Waals surface area contributed by atoms with E-state index in [1.165, 1.54) is 18.4 Å². The van der Waals surface area contributed by atoms with Gasteiger partial charge in [0.1, 0.15) is 12.6 Å². The van der Waals surface area contributed by atoms with Gasteiger partial charge in [0.15, 0.2) is 6.10 Å². The number of methoxy groups -OCH3 is 1. The number of carboxylic acids is 1. The van der Waals surface area contributed by atoms with E-state index >= 15 is 0 Å². The number of aliphatic carboxylic acids is 1. The zero-order valence-corrected chi connectivity index (χ0v) is 19.2. The molecule has 2 unspecified atom stereocenters. The van der Waals surface area contributed by atoms with Crippen LogP contribution < -0.4 is 10.6 Å². The molecule has 1 aliphatic rings. The SMILES string of the molecule is COC(CNC(=O)C(NC(=O)OCC1c2ccccc2-c2ccccc21)c1cccs1)C(=O)O. The quantitative estimate of drug-likeness (QED) is 0.432. The molecule has 0 aliphatic heterocycles. The van der Waals surface area contributed by atoms with E-state index in [4.69, 9.17) is 14.6 Å². The van der Waals surface area contributed by atoms with Crippen LogP contribution in [0, 0.1) is 0 Å². The molecule has 2 amide bonds. The molecule has 3 aromatic rings. The molecular formula is C25H24N2O6S. The van der Waals surface area contributed by atoms with Crippen LogP contribution in [-0.2, 0) is 19.1 Å². The molecule has 4 rings (SSSR count). The lowest BCUT2D eigenvalue weighted by molar-refractivity contribution is -0.148. The van der Waals surface area contributed by atoms with E-state index in [-0.39, 0.29) is 19.1 Å². The van der Waals surface area contributed by atoms with Crippen LogP contribution in [0.3, 0.4) is 0 Å². The third-order valence-corrected chi connectivity index (χ3v) is 6.65. The largest absolute Gasteiger partial charge is 0.479 e. The number of amides is 2. The number of fused-ring (bicyclic) bond motifs is 3. The van der Waals surface area contributed by atoms with Gasteiger partial charge in [-0.3, -0.25) is 4.79 Å². The summed E-state index contributed by atoms with van der Waals surface area (Å²) in [6.45, 7) is -0.123. The second-order valence-corrected chi connectivity index (χ2v) is 8.71. The first-order valence-electron chi connectivity index (χ1n) is 10.7. The zero-order chi connectivity index (χ0) is 24.1. The number of thiophene rings is 1. The molecule has 0 spiro atoms. The van der Waals surface area contributed by atoms with Gasteiger partial charge in [0.25, 0.3) is 0 Å². The molecule has 0 saturated heterocycles. The maximum atomic E-state index is 12.8. The molecule has 3 N–H and O–H groups in total. The number of ether oxygens (including phenoxy) is 2. The molecule has 2 atom stereocenters. The van der Waals surface area contributed by atoms with Crippen molar-refractivity contribution in [3.8, 4) is 11.1 Å². The van der Waals surface area contributed by atoms with E-state index in [1.54, 1.807) is 17.5 Å². The van der Waals surface area contributed by atoms with Crippen LogP contribution in [0.25, 0.3) is 11.1 Å². The van der Waals surface area contributed by atoms with Gasteiger partial charge in [0, 0.05) is 17.9 Å². The van der Waals surface area contributed by atoms with Crippen molar-refractivity contribution in [3.63, 3.8) is 0 Å². The van der Waals surface area contributed by atoms with E-state index in [9.17, 15) is 14.4 Å². The predicted molar refractivity (Wildman–Crippen MR) is 127 cm³/mol. The van der Waals surface area contributed by atoms with Gasteiger partial charge in [0.05, 0.1) is 6.54 Å². The summed E-state index contributed by atoms with van der Waals surface area (Å²) in [5.41, 5.74) is 4.41. The Morgan fingerprint density at radius 3 is 2.21 bits per heavy atom. The number of carbonyl (C=O) groups is 3. The number of rotatable bonds is 9. The van der Waals surface area contributed by atoms with Gasteiger partial charge in [0.2, 0.25) is 5.91 Å². The predicted octanol–water partition coefficient (Wildman–Crippen LogP) is 3.54. The Morgan fingerprint density at radius 2 is 1.65 bits per heavy atom. The van der Waals surface area contributed by atoms with Gasteiger partial charge in [-0.2, -0.15) is 0 Å². The number of hydrogen-bond donors (Lipinski definition) is 3. The summed E-state index contributed by atoms with van der Waals surface area (Å²) >= 11 is 1.29. The monoisotopic (exact) mass is 480 g/mol. The summed E-state index contributed by atoms with van der Waals surface area (Å²) in [6.07, 6.45) is -1.93. The molecule has 2 aromatic carbocycles. The molecular weight excluding hydrogens is 456 g/mol. The van der Waals surface area contributed by atoms with Crippen molar-refractivity contribution < 1.29 is 29.0 Å². The number of nitrogens with one attached hydrogen (secondary N) is 2. The summed E-state index contributed by atoms with van der Waals surface area (Å²) in [5, 5.41) is 16.0. The van der Waals surface area contributed by atoms with Crippen LogP contribution in [0.5, 0.6) is 0 Å². The Labute approximate surface area is 200 Å². The second kappa shape index (κ2) is 10.5. The highest BCUT2D eigenvalue weighted by Crippen LogP contribution is 2.44. The highest BCUT2D eigenvalue weighted by molar-refractivity contribution is 7.10. The minimum Gasteiger partial charge on any atom is -0.479 e. The molecule has 1 aliphatic carbocycles. The third kappa shape index (κ3) is 4.95. The molecule has 0 radical (unpaired) electrons. The Balaban J connectivity index is 1.43. The number of benzene rings is 2. The molecule has 0 saturated carbocycles. The number of carbonyl (C=O) groups excluding carboxylic acids is 2. The topological polar surface area (TPSA) is 114 Å². The van der Waals surface area contributed by atoms with E-state index in [0.717, 1.165) is 22.3 Å². The molecule has 34 heavy (non-hydrogen) atoms. The highest BCUT2D eigenvalue weighted by Gasteiger charge is 2.30. The molecule has 0 fully saturated rings. The fourth-order valence-corrected chi connectivity index (χ4v) is 4.82. The van der Waals surface area contributed by atoms with Gasteiger partial charge < -0.3 is 25.2 Å². The van der Waals surface area contributed by atoms with Crippen molar-refractivity contribution in [2.75, 3.05) is 20.3 Å². The lowest BCUT2D eigenvalue weighted by atomic mass is 9.98. The van der Waals surface area contributed by atoms with E-state index in [0.29, 0.717) is 4.88 Å². The lowest BCUT2D eigenvalue weighted by Crippen LogP contribution is -2.44. The molecule has 9 heteroatoms. The summed E-state index contributed by atoms with van der Waals surface area (Å²) in [6, 6.07) is 18.5. The van der Waals surface area contributed by atoms with E-state index in [1.807, 2.05) is 36.4 Å². The Bertz CT molecular complexity index is 1130. The Hall–Kier alpha value is -3.69. The van der Waals surface area contributed by atoms with Crippen LogP contribution in [0.1, 0.15) is 28.0 Å². The average molecular weight is 481 g/mol. The van der Waals surface area contributed by atoms with Crippen molar-refractivity contribution in [2.45, 2.75) is 18.1 Å². The van der Waals surface area contributed by atoms with Gasteiger partial charge in [-0.05, 0) is 33.7 Å². The van der Waals surface area contributed by atoms with Gasteiger partial charge in [-0.1, -0.05) is 54.6 Å². The third-order valence-electron chi connectivity index (χ3n) is 5.72. The van der Waals surface area contributed by atoms with Crippen LogP contribution in [0.4, 0.5) is 4.79 Å². The van der Waals surface area contributed by atoms with Crippen LogP contribution in [0.15, 0.2) is 66.0 Å². The average Bonchev–Trinajstić information content (AvgIpc) is 3.48. The Kier molecular flexibility index (Phi) is 7.24. The standard InChI is InChI=1S/C25H24N2O6S/c1-32-20(24(29)30)13-26-23(28)22(21-11-6-12-34-21)27-25(31)33-14-19-17-9-4-2-7-15(17)16-8-3-5-10-18(16)19/h2-12,19-20,22H,13-14H2,1H3,(H,26,28)(H,27,31)(H,29,30). The zero-order valence-electron chi connectivity index (χ0n) is 18.4. The Morgan fingerprint density at radius 1 is 1.00 bits per heavy atom. The van der Waals surface area contributed by atoms with Crippen molar-refractivity contribution in [2.24, 2.45) is 0 Å². The van der Waals surface area contributed by atoms with Crippen LogP contribution in [0.2, 0.25) is 0 Å². The second-order valence-electron chi connectivity index (χ2n) is 7.73. The number of carboxylic acid groups (broad SMARTS) is 1. The maximum absolute atomic E-state index is 12.8. The minimum atomic E-state index is -1.19. The maximum Gasteiger partial charge on any atom is 0.408 e. The van der Waals surface area contributed by atoms with E-state index < -0.39 is 30.1 Å². The van der Waals surface area contributed by atoms with E-state index in [2.05, 4.69) is 22.8 Å². The summed E-state index contributed by atoms with van der Waals surface area (Å²) in [5.74, 6) is -1.86. The first-order chi connectivity index (χ1) is 16.5. The smallest absolute Gasteiger partial charge is 0.408 e. The molecule has 8 nitrogen and oxygen atoms in total. The van der Waals surface area contributed by atoms with Gasteiger partial charge in [-0.15, -0.1) is 11.3 Å². The fraction of sp³-hybridized carbons (Fsp3) is 0.240. The molecule has 1 aromatic heterocycles. The van der Waals surface area contributed by atoms with Crippen LogP contribution in [-0.4, -0.2) is 49.4 Å². The lowest BCUT2D eigenvalue weighted by Gasteiger charge is -2.20.